The molecule has 0 unspecified atom stereocenters. The molecule has 0 aromatic heterocycles. The van der Waals surface area contributed by atoms with Gasteiger partial charge in [0.05, 0.1) is 25.6 Å². The molecule has 1 heterocycles. The highest BCUT2D eigenvalue weighted by Gasteiger charge is 2.49. The molecule has 5 atom stereocenters. The van der Waals surface area contributed by atoms with Gasteiger partial charge in [0.25, 0.3) is 0 Å². The van der Waals surface area contributed by atoms with Crippen molar-refractivity contribution in [3.8, 4) is 0 Å². The SMILES string of the molecule is CCCCCCCCCCCCCC(=O)N[C@H]1[C@@H](OC(CC(=O)OCc2ccccc2)CC(=O)OCc2ccccc2)O[C@H](CO)[C@@H](O)[C@@H]1OC(=O)CCCCCCCCCCCCC. The minimum atomic E-state index is -1.52. The van der Waals surface area contributed by atoms with Gasteiger partial charge in [0, 0.05) is 12.8 Å². The van der Waals surface area contributed by atoms with Crippen molar-refractivity contribution < 1.29 is 53.1 Å². The summed E-state index contributed by atoms with van der Waals surface area (Å²) in [6, 6.07) is 17.1. The monoisotopic (exact) mass is 910 g/mol. The van der Waals surface area contributed by atoms with Gasteiger partial charge in [-0.15, -0.1) is 0 Å². The molecule has 0 spiro atoms. The van der Waals surface area contributed by atoms with Crippen molar-refractivity contribution in [1.82, 2.24) is 5.32 Å². The summed E-state index contributed by atoms with van der Waals surface area (Å²) in [5, 5.41) is 24.7. The number of hydrogen-bond donors (Lipinski definition) is 3. The van der Waals surface area contributed by atoms with Crippen LogP contribution < -0.4 is 5.32 Å². The van der Waals surface area contributed by atoms with Crippen LogP contribution in [0.4, 0.5) is 0 Å². The van der Waals surface area contributed by atoms with E-state index in [-0.39, 0.29) is 44.8 Å². The number of benzene rings is 2. The summed E-state index contributed by atoms with van der Waals surface area (Å²) < 4.78 is 29.5. The molecule has 3 rings (SSSR count). The molecule has 0 aliphatic carbocycles. The number of carbonyl (C=O) groups is 4. The zero-order valence-corrected chi connectivity index (χ0v) is 39.8. The van der Waals surface area contributed by atoms with E-state index < -0.39 is 61.3 Å². The number of nitrogens with one attached hydrogen (secondary N) is 1. The molecule has 1 aliphatic heterocycles. The summed E-state index contributed by atoms with van der Waals surface area (Å²) >= 11 is 0. The van der Waals surface area contributed by atoms with E-state index in [0.717, 1.165) is 49.7 Å². The highest BCUT2D eigenvalue weighted by atomic mass is 16.7. The predicted molar refractivity (Wildman–Crippen MR) is 252 cm³/mol. The second-order valence-corrected chi connectivity index (χ2v) is 17.8. The molecule has 0 bridgehead atoms. The van der Waals surface area contributed by atoms with Crippen LogP contribution >= 0.6 is 0 Å². The molecule has 0 radical (unpaired) electrons. The standard InChI is InChI=1S/C53H83NO11/c1-3-5-7-9-11-13-15-17-19-21-29-35-46(56)54-50-52(65-47(57)36-30-22-20-18-16-14-12-10-8-6-4-2)51(60)45(39-55)64-53(50)63-44(37-48(58)61-40-42-31-25-23-26-32-42)38-49(59)62-41-43-33-27-24-28-34-43/h23-28,31-34,44-45,50-53,55,60H,3-22,29-30,35-41H2,1-2H3,(H,54,56)/t45-,50-,51-,52-,53+/m1/s1. The third-order valence-corrected chi connectivity index (χ3v) is 12.0. The van der Waals surface area contributed by atoms with Gasteiger partial charge in [0.2, 0.25) is 5.91 Å². The lowest BCUT2D eigenvalue weighted by Crippen LogP contribution is -2.66. The number of aliphatic hydroxyl groups excluding tert-OH is 2. The number of carbonyl (C=O) groups excluding carboxylic acids is 4. The Bertz CT molecular complexity index is 1490. The number of hydrogen-bond acceptors (Lipinski definition) is 11. The van der Waals surface area contributed by atoms with Crippen molar-refractivity contribution in [2.24, 2.45) is 0 Å². The Kier molecular flexibility index (Phi) is 30.2. The quantitative estimate of drug-likeness (QED) is 0.0335. The van der Waals surface area contributed by atoms with Gasteiger partial charge in [-0.3, -0.25) is 19.2 Å². The first-order valence-electron chi connectivity index (χ1n) is 25.2. The second-order valence-electron chi connectivity index (χ2n) is 17.8. The molecule has 3 N–H and O–H groups in total. The molecule has 65 heavy (non-hydrogen) atoms. The van der Waals surface area contributed by atoms with E-state index in [0.29, 0.717) is 12.8 Å². The third kappa shape index (κ3) is 25.0. The van der Waals surface area contributed by atoms with E-state index in [1.54, 1.807) is 0 Å². The molecular weight excluding hydrogens is 827 g/mol. The van der Waals surface area contributed by atoms with Crippen LogP contribution in [-0.4, -0.2) is 77.4 Å². The van der Waals surface area contributed by atoms with Gasteiger partial charge >= 0.3 is 17.9 Å². The number of amides is 1. The van der Waals surface area contributed by atoms with E-state index in [2.05, 4.69) is 19.2 Å². The van der Waals surface area contributed by atoms with Gasteiger partial charge in [-0.1, -0.05) is 203 Å². The third-order valence-electron chi connectivity index (χ3n) is 12.0. The van der Waals surface area contributed by atoms with Crippen LogP contribution in [-0.2, 0) is 56.1 Å². The van der Waals surface area contributed by atoms with Gasteiger partial charge in [-0.05, 0) is 24.0 Å². The number of ether oxygens (including phenoxy) is 5. The molecule has 2 aromatic rings. The van der Waals surface area contributed by atoms with Crippen molar-refractivity contribution in [3.05, 3.63) is 71.8 Å². The molecule has 1 fully saturated rings. The maximum atomic E-state index is 13.6. The van der Waals surface area contributed by atoms with E-state index >= 15 is 0 Å². The molecule has 2 aromatic carbocycles. The highest BCUT2D eigenvalue weighted by molar-refractivity contribution is 5.76. The maximum Gasteiger partial charge on any atom is 0.308 e. The van der Waals surface area contributed by atoms with Gasteiger partial charge in [0.1, 0.15) is 31.5 Å². The summed E-state index contributed by atoms with van der Waals surface area (Å²) in [5.41, 5.74) is 1.55. The smallest absolute Gasteiger partial charge is 0.308 e. The van der Waals surface area contributed by atoms with Gasteiger partial charge in [-0.2, -0.15) is 0 Å². The lowest BCUT2D eigenvalue weighted by atomic mass is 9.96. The molecule has 1 saturated heterocycles. The Morgan fingerprint density at radius 1 is 0.585 bits per heavy atom. The summed E-state index contributed by atoms with van der Waals surface area (Å²) in [4.78, 5) is 53.6. The van der Waals surface area contributed by atoms with Crippen LogP contribution in [0, 0.1) is 0 Å². The molecule has 366 valence electrons. The van der Waals surface area contributed by atoms with Gasteiger partial charge in [0.15, 0.2) is 12.4 Å². The summed E-state index contributed by atoms with van der Waals surface area (Å²) in [6.07, 6.45) is 17.5. The summed E-state index contributed by atoms with van der Waals surface area (Å²) in [6.45, 7) is 3.78. The van der Waals surface area contributed by atoms with E-state index in [9.17, 15) is 29.4 Å². The zero-order chi connectivity index (χ0) is 46.7. The fourth-order valence-electron chi connectivity index (χ4n) is 8.15. The average Bonchev–Trinajstić information content (AvgIpc) is 3.31. The highest BCUT2D eigenvalue weighted by Crippen LogP contribution is 2.28. The van der Waals surface area contributed by atoms with Crippen molar-refractivity contribution >= 4 is 23.8 Å². The predicted octanol–water partition coefficient (Wildman–Crippen LogP) is 10.5. The Labute approximate surface area is 390 Å². The van der Waals surface area contributed by atoms with Gasteiger partial charge in [-0.25, -0.2) is 0 Å². The first-order valence-corrected chi connectivity index (χ1v) is 25.2. The fourth-order valence-corrected chi connectivity index (χ4v) is 8.15. The van der Waals surface area contributed by atoms with Crippen LogP contribution in [0.1, 0.15) is 192 Å². The second kappa shape index (κ2) is 35.4. The molecular formula is C53H83NO11. The first kappa shape index (κ1) is 55.5. The van der Waals surface area contributed by atoms with Gasteiger partial charge < -0.3 is 39.2 Å². The summed E-state index contributed by atoms with van der Waals surface area (Å²) in [5.74, 6) is -2.23. The molecule has 1 aliphatic rings. The van der Waals surface area contributed by atoms with Crippen LogP contribution in [0.5, 0.6) is 0 Å². The Hall–Kier alpha value is -3.84. The largest absolute Gasteiger partial charge is 0.461 e. The Balaban J connectivity index is 1.70. The van der Waals surface area contributed by atoms with Crippen LogP contribution in [0.25, 0.3) is 0 Å². The number of unbranched alkanes of at least 4 members (excludes halogenated alkanes) is 20. The molecule has 1 amide bonds. The van der Waals surface area contributed by atoms with Crippen LogP contribution in [0.15, 0.2) is 60.7 Å². The Morgan fingerprint density at radius 3 is 1.43 bits per heavy atom. The van der Waals surface area contributed by atoms with Crippen LogP contribution in [0.3, 0.4) is 0 Å². The maximum absolute atomic E-state index is 13.6. The van der Waals surface area contributed by atoms with Crippen molar-refractivity contribution in [2.75, 3.05) is 6.61 Å². The summed E-state index contributed by atoms with van der Waals surface area (Å²) in [7, 11) is 0. The van der Waals surface area contributed by atoms with E-state index in [4.69, 9.17) is 23.7 Å². The van der Waals surface area contributed by atoms with Crippen LogP contribution in [0.2, 0.25) is 0 Å². The number of aliphatic hydroxyl groups is 2. The molecule has 12 heteroatoms. The minimum Gasteiger partial charge on any atom is -0.461 e. The Morgan fingerprint density at radius 2 is 1.00 bits per heavy atom. The lowest BCUT2D eigenvalue weighted by Gasteiger charge is -2.44. The number of rotatable bonds is 37. The molecule has 12 nitrogen and oxygen atoms in total. The normalized spacial score (nSPS) is 18.3. The molecule has 0 saturated carbocycles. The lowest BCUT2D eigenvalue weighted by molar-refractivity contribution is -0.285. The average molecular weight is 910 g/mol. The first-order chi connectivity index (χ1) is 31.7. The zero-order valence-electron chi connectivity index (χ0n) is 39.8. The van der Waals surface area contributed by atoms with E-state index in [1.165, 1.54) is 89.9 Å². The fraction of sp³-hybridized carbons (Fsp3) is 0.698. The minimum absolute atomic E-state index is 0.00155. The van der Waals surface area contributed by atoms with Crippen molar-refractivity contribution in [3.63, 3.8) is 0 Å². The van der Waals surface area contributed by atoms with Crippen molar-refractivity contribution in [1.29, 1.82) is 0 Å². The topological polar surface area (TPSA) is 167 Å². The van der Waals surface area contributed by atoms with E-state index in [1.807, 2.05) is 60.7 Å². The number of esters is 3. The van der Waals surface area contributed by atoms with Crippen molar-refractivity contribution in [2.45, 2.75) is 231 Å².